The van der Waals surface area contributed by atoms with E-state index in [2.05, 4.69) is 24.5 Å². The average molecular weight is 306 g/mol. The van der Waals surface area contributed by atoms with Gasteiger partial charge < -0.3 is 10.6 Å². The van der Waals surface area contributed by atoms with Crippen molar-refractivity contribution in [2.24, 2.45) is 11.3 Å². The maximum absolute atomic E-state index is 12.6. The first-order valence-electron chi connectivity index (χ1n) is 7.80. The first-order chi connectivity index (χ1) is 9.70. The second kappa shape index (κ2) is 6.15. The van der Waals surface area contributed by atoms with E-state index in [4.69, 9.17) is 0 Å². The fourth-order valence-corrected chi connectivity index (χ4v) is 3.54. The molecule has 0 aromatic carbocycles. The van der Waals surface area contributed by atoms with Crippen molar-refractivity contribution in [3.05, 3.63) is 0 Å². The van der Waals surface area contributed by atoms with Crippen LogP contribution in [0.2, 0.25) is 0 Å². The number of nitrogens with one attached hydrogen (secondary N) is 2. The Labute approximate surface area is 124 Å². The lowest BCUT2D eigenvalue weighted by Crippen LogP contribution is -2.55. The van der Waals surface area contributed by atoms with E-state index < -0.39 is 12.2 Å². The van der Waals surface area contributed by atoms with Crippen LogP contribution in [0.25, 0.3) is 0 Å². The van der Waals surface area contributed by atoms with Gasteiger partial charge >= 0.3 is 6.18 Å². The third-order valence-electron chi connectivity index (χ3n) is 4.98. The Morgan fingerprint density at radius 1 is 1.19 bits per heavy atom. The SMILES string of the molecule is CC1(C)CCCCC1C(=O)NC1CCC(C(F)(F)F)NC1. The molecule has 2 aliphatic rings. The van der Waals surface area contributed by atoms with Gasteiger partial charge in [0, 0.05) is 18.5 Å². The van der Waals surface area contributed by atoms with Crippen LogP contribution in [0, 0.1) is 11.3 Å². The van der Waals surface area contributed by atoms with Crippen molar-refractivity contribution in [1.82, 2.24) is 10.6 Å². The lowest BCUT2D eigenvalue weighted by molar-refractivity contribution is -0.161. The van der Waals surface area contributed by atoms with Crippen LogP contribution < -0.4 is 10.6 Å². The third-order valence-corrected chi connectivity index (χ3v) is 4.98. The van der Waals surface area contributed by atoms with Crippen LogP contribution >= 0.6 is 0 Å². The Hall–Kier alpha value is -0.780. The van der Waals surface area contributed by atoms with Gasteiger partial charge in [0.1, 0.15) is 6.04 Å². The summed E-state index contributed by atoms with van der Waals surface area (Å²) in [4.78, 5) is 12.4. The van der Waals surface area contributed by atoms with Crippen LogP contribution in [0.15, 0.2) is 0 Å². The lowest BCUT2D eigenvalue weighted by Gasteiger charge is -2.39. The van der Waals surface area contributed by atoms with Crippen molar-refractivity contribution in [3.63, 3.8) is 0 Å². The molecule has 0 aromatic heterocycles. The molecule has 0 spiro atoms. The van der Waals surface area contributed by atoms with Gasteiger partial charge in [-0.2, -0.15) is 13.2 Å². The minimum absolute atomic E-state index is 0.0111. The summed E-state index contributed by atoms with van der Waals surface area (Å²) in [5.74, 6) is -0.0106. The molecular weight excluding hydrogens is 281 g/mol. The lowest BCUT2D eigenvalue weighted by atomic mass is 9.68. The number of piperidine rings is 1. The third kappa shape index (κ3) is 4.11. The Kier molecular flexibility index (Phi) is 4.85. The molecule has 2 rings (SSSR count). The van der Waals surface area contributed by atoms with Crippen molar-refractivity contribution in [2.75, 3.05) is 6.54 Å². The molecule has 0 bridgehead atoms. The van der Waals surface area contributed by atoms with Gasteiger partial charge in [-0.15, -0.1) is 0 Å². The second-order valence-corrected chi connectivity index (χ2v) is 7.07. The molecular formula is C15H25F3N2O. The molecule has 1 heterocycles. The van der Waals surface area contributed by atoms with Gasteiger partial charge in [-0.05, 0) is 31.1 Å². The van der Waals surface area contributed by atoms with Crippen molar-refractivity contribution in [3.8, 4) is 0 Å². The number of amides is 1. The summed E-state index contributed by atoms with van der Waals surface area (Å²) < 4.78 is 37.7. The summed E-state index contributed by atoms with van der Waals surface area (Å²) in [5.41, 5.74) is -0.0149. The molecule has 1 amide bonds. The Morgan fingerprint density at radius 3 is 2.43 bits per heavy atom. The van der Waals surface area contributed by atoms with E-state index in [1.807, 2.05) is 0 Å². The fraction of sp³-hybridized carbons (Fsp3) is 0.933. The summed E-state index contributed by atoms with van der Waals surface area (Å²) in [5, 5.41) is 5.45. The van der Waals surface area contributed by atoms with Crippen LogP contribution in [-0.2, 0) is 4.79 Å². The largest absolute Gasteiger partial charge is 0.403 e. The molecule has 21 heavy (non-hydrogen) atoms. The van der Waals surface area contributed by atoms with Crippen molar-refractivity contribution < 1.29 is 18.0 Å². The number of hydrogen-bond donors (Lipinski definition) is 2. The number of rotatable bonds is 2. The van der Waals surface area contributed by atoms with Gasteiger partial charge in [0.05, 0.1) is 0 Å². The average Bonchev–Trinajstić information content (AvgIpc) is 2.37. The highest BCUT2D eigenvalue weighted by atomic mass is 19.4. The van der Waals surface area contributed by atoms with Crippen LogP contribution in [0.1, 0.15) is 52.4 Å². The number of alkyl halides is 3. The monoisotopic (exact) mass is 306 g/mol. The van der Waals surface area contributed by atoms with Crippen LogP contribution in [-0.4, -0.2) is 30.7 Å². The molecule has 3 atom stereocenters. The quantitative estimate of drug-likeness (QED) is 0.823. The number of halogens is 3. The predicted molar refractivity (Wildman–Crippen MR) is 74.7 cm³/mol. The van der Waals surface area contributed by atoms with Crippen LogP contribution in [0.5, 0.6) is 0 Å². The summed E-state index contributed by atoms with van der Waals surface area (Å²) in [6.07, 6.45) is 0.336. The Bertz CT molecular complexity index is 374. The van der Waals surface area contributed by atoms with E-state index in [0.29, 0.717) is 6.42 Å². The molecule has 3 unspecified atom stereocenters. The minimum atomic E-state index is -4.19. The smallest absolute Gasteiger partial charge is 0.352 e. The molecule has 3 nitrogen and oxygen atoms in total. The topological polar surface area (TPSA) is 41.1 Å². The van der Waals surface area contributed by atoms with E-state index in [0.717, 1.165) is 25.7 Å². The highest BCUT2D eigenvalue weighted by molar-refractivity contribution is 5.79. The van der Waals surface area contributed by atoms with Crippen molar-refractivity contribution >= 4 is 5.91 Å². The minimum Gasteiger partial charge on any atom is -0.352 e. The molecule has 1 aliphatic carbocycles. The molecule has 2 fully saturated rings. The summed E-state index contributed by atoms with van der Waals surface area (Å²) in [6, 6.07) is -1.62. The van der Waals surface area contributed by atoms with Gasteiger partial charge in [-0.3, -0.25) is 4.79 Å². The van der Waals surface area contributed by atoms with E-state index in [-0.39, 0.29) is 36.2 Å². The van der Waals surface area contributed by atoms with E-state index in [9.17, 15) is 18.0 Å². The van der Waals surface area contributed by atoms with E-state index in [1.54, 1.807) is 0 Å². The Balaban J connectivity index is 1.84. The first kappa shape index (κ1) is 16.6. The van der Waals surface area contributed by atoms with Gasteiger partial charge in [0.2, 0.25) is 5.91 Å². The normalized spacial score (nSPS) is 33.5. The van der Waals surface area contributed by atoms with E-state index >= 15 is 0 Å². The van der Waals surface area contributed by atoms with Gasteiger partial charge in [-0.1, -0.05) is 26.7 Å². The zero-order valence-corrected chi connectivity index (χ0v) is 12.7. The molecule has 122 valence electrons. The highest BCUT2D eigenvalue weighted by Crippen LogP contribution is 2.40. The standard InChI is InChI=1S/C15H25F3N2O/c1-14(2)8-4-3-5-11(14)13(21)20-10-6-7-12(19-9-10)15(16,17)18/h10-12,19H,3-9H2,1-2H3,(H,20,21). The molecule has 1 aliphatic heterocycles. The molecule has 0 aromatic rings. The summed E-state index contributed by atoms with van der Waals surface area (Å²) in [7, 11) is 0. The number of carbonyl (C=O) groups excluding carboxylic acids is 1. The van der Waals surface area contributed by atoms with Gasteiger partial charge in [0.15, 0.2) is 0 Å². The van der Waals surface area contributed by atoms with Crippen LogP contribution in [0.3, 0.4) is 0 Å². The second-order valence-electron chi connectivity index (χ2n) is 7.07. The van der Waals surface area contributed by atoms with Crippen LogP contribution in [0.4, 0.5) is 13.2 Å². The Morgan fingerprint density at radius 2 is 1.90 bits per heavy atom. The maximum Gasteiger partial charge on any atom is 0.403 e. The first-order valence-corrected chi connectivity index (χ1v) is 7.80. The van der Waals surface area contributed by atoms with E-state index in [1.165, 1.54) is 0 Å². The molecule has 2 N–H and O–H groups in total. The van der Waals surface area contributed by atoms with Crippen molar-refractivity contribution in [1.29, 1.82) is 0 Å². The highest BCUT2D eigenvalue weighted by Gasteiger charge is 2.42. The fourth-order valence-electron chi connectivity index (χ4n) is 3.54. The van der Waals surface area contributed by atoms with Gasteiger partial charge in [0.25, 0.3) is 0 Å². The molecule has 1 saturated heterocycles. The molecule has 6 heteroatoms. The number of carbonyl (C=O) groups is 1. The van der Waals surface area contributed by atoms with Gasteiger partial charge in [-0.25, -0.2) is 0 Å². The zero-order chi connectivity index (χ0) is 15.7. The molecule has 1 saturated carbocycles. The maximum atomic E-state index is 12.6. The summed E-state index contributed by atoms with van der Waals surface area (Å²) in [6.45, 7) is 4.41. The summed E-state index contributed by atoms with van der Waals surface area (Å²) >= 11 is 0. The number of hydrogen-bond acceptors (Lipinski definition) is 2. The molecule has 0 radical (unpaired) electrons. The van der Waals surface area contributed by atoms with Crippen molar-refractivity contribution in [2.45, 2.75) is 70.6 Å². The zero-order valence-electron chi connectivity index (χ0n) is 12.7. The predicted octanol–water partition coefficient (Wildman–Crippen LogP) is 3.00.